The number of hydrogen-bond donors (Lipinski definition) is 2. The van der Waals surface area contributed by atoms with Gasteiger partial charge < -0.3 is 24.8 Å². The van der Waals surface area contributed by atoms with Crippen LogP contribution < -0.4 is 10.6 Å². The molecule has 7 nitrogen and oxygen atoms in total. The van der Waals surface area contributed by atoms with Crippen LogP contribution >= 0.6 is 0 Å². The van der Waals surface area contributed by atoms with Gasteiger partial charge in [-0.15, -0.1) is 0 Å². The molecule has 0 aliphatic carbocycles. The fourth-order valence-electron chi connectivity index (χ4n) is 2.05. The molecule has 2 N–H and O–H groups in total. The minimum absolute atomic E-state index is 0.0459. The Morgan fingerprint density at radius 3 is 2.46 bits per heavy atom. The van der Waals surface area contributed by atoms with Crippen molar-refractivity contribution < 1.29 is 23.8 Å². The van der Waals surface area contributed by atoms with Crippen molar-refractivity contribution >= 4 is 12.0 Å². The minimum atomic E-state index is -0.837. The molecule has 0 spiro atoms. The number of ether oxygens (including phenoxy) is 3. The molecule has 0 heterocycles. The molecule has 0 unspecified atom stereocenters. The quantitative estimate of drug-likeness (QED) is 0.620. The zero-order valence-electron chi connectivity index (χ0n) is 16.0. The fourth-order valence-corrected chi connectivity index (χ4v) is 2.05. The number of amides is 2. The third-order valence-electron chi connectivity index (χ3n) is 3.23. The Morgan fingerprint density at radius 2 is 1.85 bits per heavy atom. The van der Waals surface area contributed by atoms with E-state index < -0.39 is 17.7 Å². The Bertz CT molecular complexity index is 543. The van der Waals surface area contributed by atoms with Gasteiger partial charge in [0, 0.05) is 20.3 Å². The van der Waals surface area contributed by atoms with Gasteiger partial charge in [-0.05, 0) is 32.8 Å². The van der Waals surface area contributed by atoms with E-state index >= 15 is 0 Å². The maximum atomic E-state index is 12.3. The molecule has 2 amide bonds. The van der Waals surface area contributed by atoms with E-state index in [1.165, 1.54) is 0 Å². The average molecular weight is 366 g/mol. The molecule has 0 fully saturated rings. The Balaban J connectivity index is 2.55. The second-order valence-corrected chi connectivity index (χ2v) is 6.84. The smallest absolute Gasteiger partial charge is 0.408 e. The summed E-state index contributed by atoms with van der Waals surface area (Å²) >= 11 is 0. The third-order valence-corrected chi connectivity index (χ3v) is 3.23. The zero-order chi connectivity index (χ0) is 19.4. The topological polar surface area (TPSA) is 85.9 Å². The summed E-state index contributed by atoms with van der Waals surface area (Å²) in [5.41, 5.74) is 0.345. The van der Waals surface area contributed by atoms with Crippen molar-refractivity contribution in [1.29, 1.82) is 0 Å². The van der Waals surface area contributed by atoms with E-state index in [2.05, 4.69) is 10.6 Å². The number of hydrogen-bond acceptors (Lipinski definition) is 5. The van der Waals surface area contributed by atoms with Crippen LogP contribution in [-0.4, -0.2) is 50.5 Å². The predicted molar refractivity (Wildman–Crippen MR) is 98.8 cm³/mol. The first kappa shape index (κ1) is 21.9. The van der Waals surface area contributed by atoms with Gasteiger partial charge in [0.05, 0.1) is 13.2 Å². The van der Waals surface area contributed by atoms with Crippen LogP contribution in [0.1, 0.15) is 32.8 Å². The highest BCUT2D eigenvalue weighted by molar-refractivity contribution is 5.85. The van der Waals surface area contributed by atoms with E-state index in [1.54, 1.807) is 27.9 Å². The molecule has 0 aromatic heterocycles. The van der Waals surface area contributed by atoms with Gasteiger partial charge in [0.2, 0.25) is 5.91 Å². The Labute approximate surface area is 155 Å². The fraction of sp³-hybridized carbons (Fsp3) is 0.579. The van der Waals surface area contributed by atoms with E-state index in [0.717, 1.165) is 5.56 Å². The molecular formula is C19H30N2O5. The predicted octanol–water partition coefficient (Wildman–Crippen LogP) is 2.25. The molecule has 1 rings (SSSR count). The number of rotatable bonds is 10. The third kappa shape index (κ3) is 10.0. The van der Waals surface area contributed by atoms with Crippen LogP contribution in [0.15, 0.2) is 30.3 Å². The lowest BCUT2D eigenvalue weighted by Crippen LogP contribution is -2.50. The van der Waals surface area contributed by atoms with Gasteiger partial charge in [0.1, 0.15) is 11.6 Å². The van der Waals surface area contributed by atoms with Crippen molar-refractivity contribution in [2.75, 3.05) is 26.9 Å². The molecule has 0 aliphatic heterocycles. The molecule has 26 heavy (non-hydrogen) atoms. The molecule has 0 aliphatic rings. The lowest BCUT2D eigenvalue weighted by molar-refractivity contribution is -0.124. The Morgan fingerprint density at radius 1 is 1.15 bits per heavy atom. The number of carbonyl (C=O) groups is 2. The molecule has 1 aromatic rings. The second-order valence-electron chi connectivity index (χ2n) is 6.84. The highest BCUT2D eigenvalue weighted by atomic mass is 16.6. The molecule has 7 heteroatoms. The van der Waals surface area contributed by atoms with E-state index in [1.807, 2.05) is 30.3 Å². The van der Waals surface area contributed by atoms with Gasteiger partial charge in [-0.1, -0.05) is 30.3 Å². The summed E-state index contributed by atoms with van der Waals surface area (Å²) in [6.45, 7) is 6.69. The molecule has 1 atom stereocenters. The summed E-state index contributed by atoms with van der Waals surface area (Å²) in [6.07, 6.45) is 0.0320. The minimum Gasteiger partial charge on any atom is -0.444 e. The Hall–Kier alpha value is -2.12. The summed E-state index contributed by atoms with van der Waals surface area (Å²) in [4.78, 5) is 24.3. The summed E-state index contributed by atoms with van der Waals surface area (Å²) in [5, 5.41) is 5.34. The lowest BCUT2D eigenvalue weighted by Gasteiger charge is -2.23. The number of methoxy groups -OCH3 is 1. The summed E-state index contributed by atoms with van der Waals surface area (Å²) < 4.78 is 15.8. The van der Waals surface area contributed by atoms with Crippen LogP contribution in [-0.2, 0) is 25.6 Å². The first-order valence-corrected chi connectivity index (χ1v) is 8.69. The van der Waals surface area contributed by atoms with E-state index in [9.17, 15) is 9.59 Å². The van der Waals surface area contributed by atoms with Crippen molar-refractivity contribution in [2.45, 2.75) is 45.4 Å². The van der Waals surface area contributed by atoms with E-state index in [4.69, 9.17) is 14.2 Å². The van der Waals surface area contributed by atoms with Crippen LogP contribution in [0.2, 0.25) is 0 Å². The Kier molecular flexibility index (Phi) is 9.69. The molecule has 0 saturated heterocycles. The van der Waals surface area contributed by atoms with Crippen LogP contribution in [0, 0.1) is 0 Å². The van der Waals surface area contributed by atoms with Crippen LogP contribution in [0.4, 0.5) is 4.79 Å². The van der Waals surface area contributed by atoms with Gasteiger partial charge in [-0.2, -0.15) is 0 Å². The van der Waals surface area contributed by atoms with E-state index in [0.29, 0.717) is 26.2 Å². The molecule has 146 valence electrons. The zero-order valence-corrected chi connectivity index (χ0v) is 16.0. The monoisotopic (exact) mass is 366 g/mol. The first-order chi connectivity index (χ1) is 12.3. The maximum Gasteiger partial charge on any atom is 0.408 e. The maximum absolute atomic E-state index is 12.3. The van der Waals surface area contributed by atoms with Crippen molar-refractivity contribution in [3.63, 3.8) is 0 Å². The van der Waals surface area contributed by atoms with E-state index in [-0.39, 0.29) is 12.5 Å². The van der Waals surface area contributed by atoms with Gasteiger partial charge in [-0.3, -0.25) is 4.79 Å². The van der Waals surface area contributed by atoms with Crippen molar-refractivity contribution in [3.05, 3.63) is 35.9 Å². The summed E-state index contributed by atoms with van der Waals surface area (Å²) in [5.74, 6) is -0.319. The summed E-state index contributed by atoms with van der Waals surface area (Å²) in [7, 11) is 1.60. The van der Waals surface area contributed by atoms with Crippen molar-refractivity contribution in [2.24, 2.45) is 0 Å². The highest BCUT2D eigenvalue weighted by Gasteiger charge is 2.24. The summed E-state index contributed by atoms with van der Waals surface area (Å²) in [6, 6.07) is 8.78. The van der Waals surface area contributed by atoms with Gasteiger partial charge in [0.15, 0.2) is 0 Å². The lowest BCUT2D eigenvalue weighted by atomic mass is 10.2. The van der Waals surface area contributed by atoms with Crippen LogP contribution in [0.5, 0.6) is 0 Å². The highest BCUT2D eigenvalue weighted by Crippen LogP contribution is 2.07. The molecular weight excluding hydrogens is 336 g/mol. The largest absolute Gasteiger partial charge is 0.444 e. The van der Waals surface area contributed by atoms with Crippen molar-refractivity contribution in [3.8, 4) is 0 Å². The van der Waals surface area contributed by atoms with Crippen LogP contribution in [0.3, 0.4) is 0 Å². The normalized spacial score (nSPS) is 12.3. The molecule has 1 aromatic carbocycles. The SMILES string of the molecule is COCCCNC(=O)[C@H](COCc1ccccc1)NC(=O)OC(C)(C)C. The molecule has 0 radical (unpaired) electrons. The standard InChI is InChI=1S/C19H30N2O5/c1-19(2,3)26-18(23)21-16(17(22)20-11-8-12-24-4)14-25-13-15-9-6-5-7-10-15/h5-7,9-10,16H,8,11-14H2,1-4H3,(H,20,22)(H,21,23)/t16-/m0/s1. The van der Waals surface area contributed by atoms with Crippen molar-refractivity contribution in [1.82, 2.24) is 10.6 Å². The number of alkyl carbamates (subject to hydrolysis) is 1. The molecule has 0 bridgehead atoms. The van der Waals surface area contributed by atoms with Gasteiger partial charge in [-0.25, -0.2) is 4.79 Å². The van der Waals surface area contributed by atoms with Gasteiger partial charge >= 0.3 is 6.09 Å². The average Bonchev–Trinajstić information content (AvgIpc) is 2.57. The van der Waals surface area contributed by atoms with Crippen LogP contribution in [0.25, 0.3) is 0 Å². The number of nitrogens with one attached hydrogen (secondary N) is 2. The second kappa shape index (κ2) is 11.5. The number of benzene rings is 1. The first-order valence-electron chi connectivity index (χ1n) is 8.69. The molecule has 0 saturated carbocycles. The number of carbonyl (C=O) groups excluding carboxylic acids is 2. The van der Waals surface area contributed by atoms with Gasteiger partial charge in [0.25, 0.3) is 0 Å².